The number of hydrogen-bond donors (Lipinski definition) is 1. The molecule has 134 valence electrons. The Bertz CT molecular complexity index is 800. The number of carbonyl (C=O) groups is 1. The van der Waals surface area contributed by atoms with Crippen molar-refractivity contribution in [3.05, 3.63) is 59.7 Å². The van der Waals surface area contributed by atoms with E-state index in [0.717, 1.165) is 34.5 Å². The van der Waals surface area contributed by atoms with E-state index in [0.29, 0.717) is 5.92 Å². The zero-order valence-electron chi connectivity index (χ0n) is 15.2. The van der Waals surface area contributed by atoms with Crippen LogP contribution in [0.5, 0.6) is 11.5 Å². The number of para-hydroxylation sites is 2. The summed E-state index contributed by atoms with van der Waals surface area (Å²) in [6.07, 6.45) is 5.39. The van der Waals surface area contributed by atoms with Crippen LogP contribution in [0, 0.1) is 17.8 Å². The average Bonchev–Trinajstić information content (AvgIpc) is 3.29. The molecule has 2 aromatic rings. The SMILES string of the molecule is C[C@@H](NC(=O)C1c2ccccc2Oc2ccccc21)[C@@H]1C[C@H]2CC[C@H]1C2. The number of ether oxygens (including phenoxy) is 1. The van der Waals surface area contributed by atoms with Gasteiger partial charge < -0.3 is 10.1 Å². The Morgan fingerprint density at radius 2 is 1.65 bits per heavy atom. The van der Waals surface area contributed by atoms with Gasteiger partial charge in [0.15, 0.2) is 0 Å². The van der Waals surface area contributed by atoms with E-state index in [-0.39, 0.29) is 17.9 Å². The molecule has 2 aromatic carbocycles. The maximum absolute atomic E-state index is 13.3. The van der Waals surface area contributed by atoms with Crippen LogP contribution >= 0.6 is 0 Å². The van der Waals surface area contributed by atoms with E-state index in [1.54, 1.807) is 0 Å². The normalized spacial score (nSPS) is 27.3. The van der Waals surface area contributed by atoms with Gasteiger partial charge in [-0.3, -0.25) is 4.79 Å². The molecule has 1 heterocycles. The summed E-state index contributed by atoms with van der Waals surface area (Å²) in [6.45, 7) is 2.19. The maximum Gasteiger partial charge on any atom is 0.232 e. The van der Waals surface area contributed by atoms with Crippen molar-refractivity contribution in [3.63, 3.8) is 0 Å². The lowest BCUT2D eigenvalue weighted by atomic mass is 9.83. The van der Waals surface area contributed by atoms with E-state index in [1.165, 1.54) is 25.7 Å². The van der Waals surface area contributed by atoms with E-state index < -0.39 is 0 Å². The standard InChI is InChI=1S/C23H25NO2/c1-14(19-13-15-10-11-16(19)12-15)24-23(25)22-17-6-2-4-8-20(17)26-21-9-5-3-7-18(21)22/h2-9,14-16,19,22H,10-13H2,1H3,(H,24,25)/t14-,15+,16+,19+/m1/s1. The van der Waals surface area contributed by atoms with Crippen LogP contribution in [0.2, 0.25) is 0 Å². The molecule has 0 saturated heterocycles. The van der Waals surface area contributed by atoms with E-state index >= 15 is 0 Å². The van der Waals surface area contributed by atoms with Gasteiger partial charge in [-0.1, -0.05) is 42.8 Å². The lowest BCUT2D eigenvalue weighted by Gasteiger charge is -2.32. The smallest absolute Gasteiger partial charge is 0.232 e. The topological polar surface area (TPSA) is 38.3 Å². The van der Waals surface area contributed by atoms with Crippen LogP contribution in [0.15, 0.2) is 48.5 Å². The largest absolute Gasteiger partial charge is 0.457 e. The number of fused-ring (bicyclic) bond motifs is 4. The highest BCUT2D eigenvalue weighted by Gasteiger charge is 2.43. The molecule has 0 radical (unpaired) electrons. The Morgan fingerprint density at radius 3 is 2.23 bits per heavy atom. The van der Waals surface area contributed by atoms with Crippen LogP contribution in [0.1, 0.15) is 49.7 Å². The van der Waals surface area contributed by atoms with Crippen molar-refractivity contribution in [2.75, 3.05) is 0 Å². The molecule has 1 N–H and O–H groups in total. The molecule has 3 aliphatic rings. The van der Waals surface area contributed by atoms with Crippen molar-refractivity contribution >= 4 is 5.91 Å². The van der Waals surface area contributed by atoms with Gasteiger partial charge in [0.25, 0.3) is 0 Å². The molecule has 4 atom stereocenters. The highest BCUT2D eigenvalue weighted by atomic mass is 16.5. The van der Waals surface area contributed by atoms with Crippen LogP contribution < -0.4 is 10.1 Å². The molecule has 5 rings (SSSR count). The Balaban J connectivity index is 1.43. The van der Waals surface area contributed by atoms with Gasteiger partial charge in [-0.2, -0.15) is 0 Å². The molecular weight excluding hydrogens is 322 g/mol. The summed E-state index contributed by atoms with van der Waals surface area (Å²) in [5, 5.41) is 3.36. The van der Waals surface area contributed by atoms with Gasteiger partial charge >= 0.3 is 0 Å². The minimum atomic E-state index is -0.294. The first-order valence-corrected chi connectivity index (χ1v) is 9.87. The average molecular weight is 347 g/mol. The minimum absolute atomic E-state index is 0.100. The lowest BCUT2D eigenvalue weighted by Crippen LogP contribution is -2.43. The van der Waals surface area contributed by atoms with Crippen molar-refractivity contribution in [2.45, 2.75) is 44.6 Å². The van der Waals surface area contributed by atoms with Gasteiger partial charge in [-0.25, -0.2) is 0 Å². The first-order valence-electron chi connectivity index (χ1n) is 9.87. The number of rotatable bonds is 3. The second-order valence-corrected chi connectivity index (χ2v) is 8.25. The summed E-state index contributed by atoms with van der Waals surface area (Å²) in [7, 11) is 0. The highest BCUT2D eigenvalue weighted by molar-refractivity contribution is 5.89. The first kappa shape index (κ1) is 15.9. The predicted molar refractivity (Wildman–Crippen MR) is 101 cm³/mol. The zero-order chi connectivity index (χ0) is 17.7. The van der Waals surface area contributed by atoms with Crippen molar-refractivity contribution in [3.8, 4) is 11.5 Å². The number of carbonyl (C=O) groups excluding carboxylic acids is 1. The molecule has 3 heteroatoms. The van der Waals surface area contributed by atoms with Crippen LogP contribution in [0.4, 0.5) is 0 Å². The third-order valence-electron chi connectivity index (χ3n) is 6.75. The monoisotopic (exact) mass is 347 g/mol. The molecule has 3 nitrogen and oxygen atoms in total. The fourth-order valence-electron chi connectivity index (χ4n) is 5.51. The third-order valence-corrected chi connectivity index (χ3v) is 6.75. The summed E-state index contributed by atoms with van der Waals surface area (Å²) in [5.74, 6) is 3.74. The Labute approximate surface area is 154 Å². The van der Waals surface area contributed by atoms with Crippen LogP contribution in [0.3, 0.4) is 0 Å². The predicted octanol–water partition coefficient (Wildman–Crippen LogP) is 4.87. The van der Waals surface area contributed by atoms with Crippen molar-refractivity contribution < 1.29 is 9.53 Å². The van der Waals surface area contributed by atoms with Gasteiger partial charge in [0, 0.05) is 17.2 Å². The van der Waals surface area contributed by atoms with E-state index in [9.17, 15) is 4.79 Å². The lowest BCUT2D eigenvalue weighted by molar-refractivity contribution is -0.122. The molecule has 0 aromatic heterocycles. The highest BCUT2D eigenvalue weighted by Crippen LogP contribution is 2.50. The second kappa shape index (κ2) is 6.15. The van der Waals surface area contributed by atoms with Gasteiger partial charge in [0.2, 0.25) is 5.91 Å². The fourth-order valence-corrected chi connectivity index (χ4v) is 5.51. The molecule has 1 aliphatic heterocycles. The molecule has 2 aliphatic carbocycles. The first-order chi connectivity index (χ1) is 12.7. The fraction of sp³-hybridized carbons (Fsp3) is 0.435. The Morgan fingerprint density at radius 1 is 1.00 bits per heavy atom. The number of benzene rings is 2. The van der Waals surface area contributed by atoms with Gasteiger partial charge in [0.1, 0.15) is 11.5 Å². The van der Waals surface area contributed by atoms with Crippen LogP contribution in [-0.4, -0.2) is 11.9 Å². The summed E-state index contributed by atoms with van der Waals surface area (Å²) < 4.78 is 6.02. The molecule has 2 saturated carbocycles. The summed E-state index contributed by atoms with van der Waals surface area (Å²) >= 11 is 0. The molecule has 2 bridgehead atoms. The second-order valence-electron chi connectivity index (χ2n) is 8.25. The van der Waals surface area contributed by atoms with Gasteiger partial charge in [-0.15, -0.1) is 0 Å². The van der Waals surface area contributed by atoms with Crippen molar-refractivity contribution in [2.24, 2.45) is 17.8 Å². The van der Waals surface area contributed by atoms with Gasteiger partial charge in [-0.05, 0) is 56.1 Å². The molecule has 1 amide bonds. The Hall–Kier alpha value is -2.29. The number of nitrogens with one attached hydrogen (secondary N) is 1. The Kier molecular flexibility index (Phi) is 3.77. The zero-order valence-corrected chi connectivity index (χ0v) is 15.2. The number of hydrogen-bond acceptors (Lipinski definition) is 2. The van der Waals surface area contributed by atoms with E-state index in [4.69, 9.17) is 4.74 Å². The maximum atomic E-state index is 13.3. The molecule has 26 heavy (non-hydrogen) atoms. The molecule has 2 fully saturated rings. The van der Waals surface area contributed by atoms with Gasteiger partial charge in [0.05, 0.1) is 5.92 Å². The van der Waals surface area contributed by atoms with Crippen LogP contribution in [-0.2, 0) is 4.79 Å². The quantitative estimate of drug-likeness (QED) is 0.860. The minimum Gasteiger partial charge on any atom is -0.457 e. The molecular formula is C23H25NO2. The summed E-state index contributed by atoms with van der Waals surface area (Å²) in [6, 6.07) is 16.0. The summed E-state index contributed by atoms with van der Waals surface area (Å²) in [4.78, 5) is 13.3. The molecule has 0 spiro atoms. The van der Waals surface area contributed by atoms with Crippen molar-refractivity contribution in [1.29, 1.82) is 0 Å². The van der Waals surface area contributed by atoms with Crippen molar-refractivity contribution in [1.82, 2.24) is 5.32 Å². The summed E-state index contributed by atoms with van der Waals surface area (Å²) in [5.41, 5.74) is 1.92. The van der Waals surface area contributed by atoms with Crippen LogP contribution in [0.25, 0.3) is 0 Å². The van der Waals surface area contributed by atoms with E-state index in [1.807, 2.05) is 48.5 Å². The van der Waals surface area contributed by atoms with E-state index in [2.05, 4.69) is 12.2 Å². The molecule has 0 unspecified atom stereocenters. The third kappa shape index (κ3) is 2.53. The number of amides is 1.